The van der Waals surface area contributed by atoms with E-state index in [1.165, 1.54) is 13.0 Å². The molecule has 0 fully saturated rings. The van der Waals surface area contributed by atoms with Gasteiger partial charge in [-0.3, -0.25) is 9.52 Å². The second-order valence-corrected chi connectivity index (χ2v) is 9.16. The standard InChI is InChI=1S/C22H24N4O3S/c1-15-13-17(23-16(2)27)10-11-21(15)30(28,29)25-19-8-4-3-7-18(19)20-14-26-12-6-5-9-22(26)24-20/h3-4,7-8,10-11,13-14,25H,5-6,9,12H2,1-2H3,(H,23,27). The second kappa shape index (κ2) is 7.95. The van der Waals surface area contributed by atoms with Crippen LogP contribution in [0.2, 0.25) is 0 Å². The first-order valence-corrected chi connectivity index (χ1v) is 11.4. The molecule has 1 amide bonds. The van der Waals surface area contributed by atoms with Crippen LogP contribution in [-0.2, 0) is 27.8 Å². The monoisotopic (exact) mass is 424 g/mol. The minimum absolute atomic E-state index is 0.163. The van der Waals surface area contributed by atoms with E-state index in [4.69, 9.17) is 4.98 Å². The molecule has 1 aliphatic heterocycles. The molecule has 3 aromatic rings. The van der Waals surface area contributed by atoms with E-state index in [0.29, 0.717) is 16.9 Å². The molecule has 1 aromatic heterocycles. The Labute approximate surface area is 176 Å². The van der Waals surface area contributed by atoms with Crippen molar-refractivity contribution < 1.29 is 13.2 Å². The molecule has 8 heteroatoms. The fourth-order valence-electron chi connectivity index (χ4n) is 3.77. The van der Waals surface area contributed by atoms with E-state index in [2.05, 4.69) is 14.6 Å². The average Bonchev–Trinajstić information content (AvgIpc) is 3.11. The molecule has 0 saturated heterocycles. The third-order valence-electron chi connectivity index (χ3n) is 5.14. The first-order valence-electron chi connectivity index (χ1n) is 9.90. The maximum absolute atomic E-state index is 13.1. The number of hydrogen-bond acceptors (Lipinski definition) is 4. The maximum Gasteiger partial charge on any atom is 0.262 e. The number of sulfonamides is 1. The Hall–Kier alpha value is -3.13. The fourth-order valence-corrected chi connectivity index (χ4v) is 5.08. The molecule has 0 aliphatic carbocycles. The number of amides is 1. The smallest absolute Gasteiger partial charge is 0.262 e. The minimum Gasteiger partial charge on any atom is -0.334 e. The first-order chi connectivity index (χ1) is 14.3. The summed E-state index contributed by atoms with van der Waals surface area (Å²) in [5, 5.41) is 2.66. The Morgan fingerprint density at radius 2 is 1.93 bits per heavy atom. The Balaban J connectivity index is 1.66. The van der Waals surface area contributed by atoms with Crippen molar-refractivity contribution in [3.63, 3.8) is 0 Å². The highest BCUT2D eigenvalue weighted by atomic mass is 32.2. The molecule has 156 valence electrons. The number of imidazole rings is 1. The highest BCUT2D eigenvalue weighted by Gasteiger charge is 2.21. The van der Waals surface area contributed by atoms with Gasteiger partial charge in [-0.05, 0) is 49.6 Å². The van der Waals surface area contributed by atoms with Crippen LogP contribution in [0.25, 0.3) is 11.3 Å². The van der Waals surface area contributed by atoms with Crippen LogP contribution in [-0.4, -0.2) is 23.9 Å². The number of nitrogens with one attached hydrogen (secondary N) is 2. The Morgan fingerprint density at radius 3 is 2.67 bits per heavy atom. The van der Waals surface area contributed by atoms with E-state index in [0.717, 1.165) is 42.9 Å². The van der Waals surface area contributed by atoms with E-state index in [1.54, 1.807) is 31.2 Å². The molecule has 0 spiro atoms. The third kappa shape index (κ3) is 4.09. The van der Waals surface area contributed by atoms with Gasteiger partial charge >= 0.3 is 0 Å². The molecule has 30 heavy (non-hydrogen) atoms. The number of aryl methyl sites for hydroxylation is 3. The molecule has 7 nitrogen and oxygen atoms in total. The minimum atomic E-state index is -3.82. The number of aromatic nitrogens is 2. The number of fused-ring (bicyclic) bond motifs is 1. The first kappa shape index (κ1) is 20.2. The fraction of sp³-hybridized carbons (Fsp3) is 0.273. The Morgan fingerprint density at radius 1 is 1.13 bits per heavy atom. The molecule has 1 aliphatic rings. The van der Waals surface area contributed by atoms with Gasteiger partial charge in [0.1, 0.15) is 5.82 Å². The molecule has 0 unspecified atom stereocenters. The molecule has 0 radical (unpaired) electrons. The van der Waals surface area contributed by atoms with Gasteiger partial charge < -0.3 is 9.88 Å². The van der Waals surface area contributed by atoms with Crippen molar-refractivity contribution in [1.29, 1.82) is 0 Å². The number of carbonyl (C=O) groups excluding carboxylic acids is 1. The van der Waals surface area contributed by atoms with Gasteiger partial charge in [0.15, 0.2) is 0 Å². The van der Waals surface area contributed by atoms with Crippen LogP contribution in [0.4, 0.5) is 11.4 Å². The summed E-state index contributed by atoms with van der Waals surface area (Å²) in [5.74, 6) is 0.832. The summed E-state index contributed by atoms with van der Waals surface area (Å²) in [6.07, 6.45) is 5.19. The van der Waals surface area contributed by atoms with Crippen molar-refractivity contribution in [1.82, 2.24) is 9.55 Å². The SMILES string of the molecule is CC(=O)Nc1ccc(S(=O)(=O)Nc2ccccc2-c2cn3c(n2)CCCC3)c(C)c1. The van der Waals surface area contributed by atoms with Crippen molar-refractivity contribution in [2.24, 2.45) is 0 Å². The lowest BCUT2D eigenvalue weighted by atomic mass is 10.1. The van der Waals surface area contributed by atoms with E-state index in [9.17, 15) is 13.2 Å². The van der Waals surface area contributed by atoms with Crippen molar-refractivity contribution in [3.8, 4) is 11.3 Å². The van der Waals surface area contributed by atoms with Crippen LogP contribution in [0.5, 0.6) is 0 Å². The number of hydrogen-bond donors (Lipinski definition) is 2. The van der Waals surface area contributed by atoms with Gasteiger partial charge in [-0.25, -0.2) is 13.4 Å². The van der Waals surface area contributed by atoms with E-state index in [-0.39, 0.29) is 10.8 Å². The van der Waals surface area contributed by atoms with Gasteiger partial charge in [0.05, 0.1) is 16.3 Å². The van der Waals surface area contributed by atoms with E-state index < -0.39 is 10.0 Å². The average molecular weight is 425 g/mol. The van der Waals surface area contributed by atoms with Gasteiger partial charge in [0.25, 0.3) is 10.0 Å². The number of benzene rings is 2. The van der Waals surface area contributed by atoms with E-state index in [1.807, 2.05) is 18.3 Å². The third-order valence-corrected chi connectivity index (χ3v) is 6.67. The van der Waals surface area contributed by atoms with Crippen molar-refractivity contribution in [2.45, 2.75) is 44.6 Å². The summed E-state index contributed by atoms with van der Waals surface area (Å²) in [6.45, 7) is 4.05. The van der Waals surface area contributed by atoms with Crippen molar-refractivity contribution in [3.05, 3.63) is 60.0 Å². The van der Waals surface area contributed by atoms with Crippen molar-refractivity contribution in [2.75, 3.05) is 10.0 Å². The van der Waals surface area contributed by atoms with Gasteiger partial charge in [0.2, 0.25) is 5.91 Å². The summed E-state index contributed by atoms with van der Waals surface area (Å²) in [4.78, 5) is 16.1. The maximum atomic E-state index is 13.1. The highest BCUT2D eigenvalue weighted by molar-refractivity contribution is 7.92. The largest absolute Gasteiger partial charge is 0.334 e. The summed E-state index contributed by atoms with van der Waals surface area (Å²) in [5.41, 5.74) is 3.10. The number of nitrogens with zero attached hydrogens (tertiary/aromatic N) is 2. The van der Waals surface area contributed by atoms with Crippen LogP contribution in [0.1, 0.15) is 31.2 Å². The molecule has 0 saturated carbocycles. The molecule has 2 heterocycles. The lowest BCUT2D eigenvalue weighted by Crippen LogP contribution is -2.15. The molecule has 0 atom stereocenters. The summed E-state index contributed by atoms with van der Waals surface area (Å²) in [6, 6.07) is 12.0. The van der Waals surface area contributed by atoms with Crippen LogP contribution in [0.15, 0.2) is 53.6 Å². The number of rotatable bonds is 5. The predicted octanol–water partition coefficient (Wildman–Crippen LogP) is 3.95. The van der Waals surface area contributed by atoms with Crippen LogP contribution in [0, 0.1) is 6.92 Å². The topological polar surface area (TPSA) is 93.1 Å². The number of anilines is 2. The molecule has 4 rings (SSSR count). The van der Waals surface area contributed by atoms with E-state index >= 15 is 0 Å². The summed E-state index contributed by atoms with van der Waals surface area (Å²) < 4.78 is 31.1. The zero-order chi connectivity index (χ0) is 21.3. The quantitative estimate of drug-likeness (QED) is 0.648. The lowest BCUT2D eigenvalue weighted by molar-refractivity contribution is -0.114. The van der Waals surface area contributed by atoms with Gasteiger partial charge in [0, 0.05) is 37.3 Å². The highest BCUT2D eigenvalue weighted by Crippen LogP contribution is 2.31. The normalized spacial score (nSPS) is 13.5. The van der Waals surface area contributed by atoms with Crippen molar-refractivity contribution >= 4 is 27.3 Å². The van der Waals surface area contributed by atoms with Crippen LogP contribution >= 0.6 is 0 Å². The van der Waals surface area contributed by atoms with Gasteiger partial charge in [-0.1, -0.05) is 18.2 Å². The summed E-state index contributed by atoms with van der Waals surface area (Å²) in [7, 11) is -3.82. The van der Waals surface area contributed by atoms with Gasteiger partial charge in [-0.15, -0.1) is 0 Å². The molecule has 0 bridgehead atoms. The second-order valence-electron chi connectivity index (χ2n) is 7.51. The Bertz CT molecular complexity index is 1190. The molecule has 2 N–H and O–H groups in total. The van der Waals surface area contributed by atoms with Crippen LogP contribution < -0.4 is 10.0 Å². The Kier molecular flexibility index (Phi) is 5.34. The predicted molar refractivity (Wildman–Crippen MR) is 117 cm³/mol. The molecular weight excluding hydrogens is 400 g/mol. The molecular formula is C22H24N4O3S. The zero-order valence-electron chi connectivity index (χ0n) is 17.0. The lowest BCUT2D eigenvalue weighted by Gasteiger charge is -2.14. The van der Waals surface area contributed by atoms with Crippen LogP contribution in [0.3, 0.4) is 0 Å². The number of carbonyl (C=O) groups is 1. The van der Waals surface area contributed by atoms with Gasteiger partial charge in [-0.2, -0.15) is 0 Å². The molecule has 2 aromatic carbocycles. The zero-order valence-corrected chi connectivity index (χ0v) is 17.8. The summed E-state index contributed by atoms with van der Waals surface area (Å²) >= 11 is 0. The number of para-hydroxylation sites is 1.